The number of aromatic nitrogens is 3. The highest BCUT2D eigenvalue weighted by molar-refractivity contribution is 6.06. The van der Waals surface area contributed by atoms with Gasteiger partial charge in [-0.2, -0.15) is 5.26 Å². The maximum absolute atomic E-state index is 12.8. The highest BCUT2D eigenvalue weighted by Gasteiger charge is 2.21. The van der Waals surface area contributed by atoms with E-state index in [9.17, 15) is 9.59 Å². The largest absolute Gasteiger partial charge is 0.345 e. The Hall–Kier alpha value is -4.51. The summed E-state index contributed by atoms with van der Waals surface area (Å²) in [4.78, 5) is 34.0. The number of benzene rings is 1. The number of hydrogen-bond acceptors (Lipinski definition) is 5. The van der Waals surface area contributed by atoms with Crippen LogP contribution in [-0.2, 0) is 6.54 Å². The van der Waals surface area contributed by atoms with Crippen molar-refractivity contribution in [2.24, 2.45) is 0 Å². The second kappa shape index (κ2) is 8.24. The maximum atomic E-state index is 12.8. The molecule has 0 radical (unpaired) electrons. The molecule has 0 aliphatic carbocycles. The molecule has 0 unspecified atom stereocenters. The first-order valence-corrected chi connectivity index (χ1v) is 9.12. The van der Waals surface area contributed by atoms with Gasteiger partial charge in [0, 0.05) is 18.1 Å². The molecule has 3 heterocycles. The van der Waals surface area contributed by atoms with Crippen LogP contribution in [0.25, 0.3) is 5.52 Å². The van der Waals surface area contributed by atoms with Crippen molar-refractivity contribution in [2.75, 3.05) is 5.32 Å². The predicted molar refractivity (Wildman–Crippen MR) is 110 cm³/mol. The van der Waals surface area contributed by atoms with Crippen molar-refractivity contribution >= 4 is 23.0 Å². The van der Waals surface area contributed by atoms with Crippen molar-refractivity contribution in [1.29, 1.82) is 5.26 Å². The molecule has 4 rings (SSSR count). The quantitative estimate of drug-likeness (QED) is 0.539. The minimum atomic E-state index is -0.468. The first-order valence-electron chi connectivity index (χ1n) is 9.12. The number of nitriles is 1. The van der Waals surface area contributed by atoms with E-state index in [1.807, 2.05) is 18.2 Å². The van der Waals surface area contributed by atoms with E-state index in [1.165, 1.54) is 0 Å². The van der Waals surface area contributed by atoms with E-state index in [-0.39, 0.29) is 18.1 Å². The van der Waals surface area contributed by atoms with E-state index in [4.69, 9.17) is 5.26 Å². The van der Waals surface area contributed by atoms with Gasteiger partial charge >= 0.3 is 0 Å². The smallest absolute Gasteiger partial charge is 0.292 e. The van der Waals surface area contributed by atoms with Gasteiger partial charge in [0.15, 0.2) is 5.69 Å². The standard InChI is InChI=1S/C22H16N6O2/c23-13-15-7-9-16(10-8-15)26-22(30)20-27-19(18-6-2-4-12-28(18)20)21(29)25-14-17-5-1-3-11-24-17/h1-12H,14H2,(H,25,29)(H,26,30). The lowest BCUT2D eigenvalue weighted by atomic mass is 10.2. The summed E-state index contributed by atoms with van der Waals surface area (Å²) in [5.41, 5.74) is 2.39. The second-order valence-electron chi connectivity index (χ2n) is 6.39. The van der Waals surface area contributed by atoms with Gasteiger partial charge in [-0.15, -0.1) is 0 Å². The number of rotatable bonds is 5. The molecular weight excluding hydrogens is 380 g/mol. The van der Waals surface area contributed by atoms with Crippen molar-refractivity contribution in [1.82, 2.24) is 19.7 Å². The van der Waals surface area contributed by atoms with E-state index in [2.05, 4.69) is 20.6 Å². The molecule has 0 atom stereocenters. The molecule has 4 aromatic rings. The molecule has 1 aromatic carbocycles. The number of carbonyl (C=O) groups excluding carboxylic acids is 2. The van der Waals surface area contributed by atoms with Gasteiger partial charge < -0.3 is 10.6 Å². The van der Waals surface area contributed by atoms with E-state index >= 15 is 0 Å². The zero-order valence-corrected chi connectivity index (χ0v) is 15.7. The number of pyridine rings is 2. The van der Waals surface area contributed by atoms with Crippen LogP contribution in [0.2, 0.25) is 0 Å². The Morgan fingerprint density at radius 3 is 2.53 bits per heavy atom. The minimum absolute atomic E-state index is 0.0814. The van der Waals surface area contributed by atoms with Crippen molar-refractivity contribution in [2.45, 2.75) is 6.54 Å². The van der Waals surface area contributed by atoms with E-state index in [0.717, 1.165) is 0 Å². The molecular formula is C22H16N6O2. The molecule has 0 bridgehead atoms. The summed E-state index contributed by atoms with van der Waals surface area (Å²) in [6.45, 7) is 0.248. The average Bonchev–Trinajstić information content (AvgIpc) is 3.19. The Morgan fingerprint density at radius 2 is 1.80 bits per heavy atom. The lowest BCUT2D eigenvalue weighted by Gasteiger charge is -2.04. The Morgan fingerprint density at radius 1 is 1.00 bits per heavy atom. The molecule has 0 saturated heterocycles. The van der Waals surface area contributed by atoms with Crippen LogP contribution in [-0.4, -0.2) is 26.2 Å². The Balaban J connectivity index is 1.59. The normalized spacial score (nSPS) is 10.4. The topological polar surface area (TPSA) is 112 Å². The van der Waals surface area contributed by atoms with Crippen LogP contribution in [0.3, 0.4) is 0 Å². The zero-order chi connectivity index (χ0) is 20.9. The van der Waals surface area contributed by atoms with Crippen LogP contribution in [0.5, 0.6) is 0 Å². The van der Waals surface area contributed by atoms with Gasteiger partial charge in [-0.1, -0.05) is 12.1 Å². The average molecular weight is 396 g/mol. The number of anilines is 1. The molecule has 0 aliphatic heterocycles. The first kappa shape index (κ1) is 18.8. The second-order valence-corrected chi connectivity index (χ2v) is 6.39. The first-order chi connectivity index (χ1) is 14.7. The van der Waals surface area contributed by atoms with E-state index in [1.54, 1.807) is 65.3 Å². The fraction of sp³-hybridized carbons (Fsp3) is 0.0455. The molecule has 0 aliphatic rings. The third-order valence-electron chi connectivity index (χ3n) is 4.39. The fourth-order valence-corrected chi connectivity index (χ4v) is 2.94. The molecule has 0 spiro atoms. The SMILES string of the molecule is N#Cc1ccc(NC(=O)c2nc(C(=O)NCc3ccccn3)c3ccccn23)cc1. The molecule has 0 saturated carbocycles. The lowest BCUT2D eigenvalue weighted by molar-refractivity contribution is 0.0947. The van der Waals surface area contributed by atoms with Crippen molar-refractivity contribution < 1.29 is 9.59 Å². The van der Waals surface area contributed by atoms with Gasteiger partial charge in [-0.05, 0) is 48.5 Å². The summed E-state index contributed by atoms with van der Waals surface area (Å²) in [5, 5.41) is 14.4. The van der Waals surface area contributed by atoms with Crippen molar-refractivity contribution in [3.63, 3.8) is 0 Å². The Kier molecular flexibility index (Phi) is 5.17. The van der Waals surface area contributed by atoms with Gasteiger partial charge in [-0.3, -0.25) is 19.0 Å². The van der Waals surface area contributed by atoms with Gasteiger partial charge in [0.2, 0.25) is 5.82 Å². The summed E-state index contributed by atoms with van der Waals surface area (Å²) in [5.74, 6) is -0.788. The van der Waals surface area contributed by atoms with Crippen molar-refractivity contribution in [3.8, 4) is 6.07 Å². The molecule has 2 N–H and O–H groups in total. The highest BCUT2D eigenvalue weighted by atomic mass is 16.2. The molecule has 8 nitrogen and oxygen atoms in total. The van der Waals surface area contributed by atoms with Crippen LogP contribution >= 0.6 is 0 Å². The lowest BCUT2D eigenvalue weighted by Crippen LogP contribution is -2.24. The third-order valence-corrected chi connectivity index (χ3v) is 4.39. The molecule has 3 aromatic heterocycles. The van der Waals surface area contributed by atoms with Gasteiger partial charge in [0.05, 0.1) is 29.4 Å². The number of imidazole rings is 1. The monoisotopic (exact) mass is 396 g/mol. The van der Waals surface area contributed by atoms with Crippen LogP contribution in [0.1, 0.15) is 32.4 Å². The summed E-state index contributed by atoms with van der Waals surface area (Å²) in [6.07, 6.45) is 3.32. The summed E-state index contributed by atoms with van der Waals surface area (Å²) in [6, 6.07) is 19.2. The Labute approximate surface area is 171 Å². The zero-order valence-electron chi connectivity index (χ0n) is 15.7. The van der Waals surface area contributed by atoms with Crippen LogP contribution in [0, 0.1) is 11.3 Å². The highest BCUT2D eigenvalue weighted by Crippen LogP contribution is 2.16. The van der Waals surface area contributed by atoms with Crippen LogP contribution in [0.4, 0.5) is 5.69 Å². The van der Waals surface area contributed by atoms with Gasteiger partial charge in [0.1, 0.15) is 0 Å². The number of hydrogen-bond donors (Lipinski definition) is 2. The Bertz CT molecular complexity index is 1260. The fourth-order valence-electron chi connectivity index (χ4n) is 2.94. The van der Waals surface area contributed by atoms with Crippen LogP contribution in [0.15, 0.2) is 73.1 Å². The van der Waals surface area contributed by atoms with E-state index in [0.29, 0.717) is 22.5 Å². The summed E-state index contributed by atoms with van der Waals surface area (Å²) >= 11 is 0. The minimum Gasteiger partial charge on any atom is -0.345 e. The summed E-state index contributed by atoms with van der Waals surface area (Å²) < 4.78 is 1.56. The molecule has 2 amide bonds. The maximum Gasteiger partial charge on any atom is 0.292 e. The van der Waals surface area contributed by atoms with Crippen LogP contribution < -0.4 is 10.6 Å². The van der Waals surface area contributed by atoms with E-state index < -0.39 is 11.8 Å². The molecule has 30 heavy (non-hydrogen) atoms. The molecule has 8 heteroatoms. The summed E-state index contributed by atoms with van der Waals surface area (Å²) in [7, 11) is 0. The van der Waals surface area contributed by atoms with Gasteiger partial charge in [-0.25, -0.2) is 4.98 Å². The number of fused-ring (bicyclic) bond motifs is 1. The van der Waals surface area contributed by atoms with Gasteiger partial charge in [0.25, 0.3) is 11.8 Å². The number of amides is 2. The predicted octanol–water partition coefficient (Wildman–Crippen LogP) is 2.78. The molecule has 0 fully saturated rings. The molecule has 146 valence electrons. The number of nitrogens with one attached hydrogen (secondary N) is 2. The number of nitrogens with zero attached hydrogens (tertiary/aromatic N) is 4. The van der Waals surface area contributed by atoms with Crippen molar-refractivity contribution in [3.05, 3.63) is 95.8 Å². The number of carbonyl (C=O) groups is 2. The third kappa shape index (κ3) is 3.86.